The third kappa shape index (κ3) is 4.00. The number of para-hydroxylation sites is 2. The number of nitrogens with zero attached hydrogens (tertiary/aromatic N) is 6. The van der Waals surface area contributed by atoms with Gasteiger partial charge in [-0.25, -0.2) is 4.98 Å². The van der Waals surface area contributed by atoms with E-state index in [2.05, 4.69) is 52.5 Å². The summed E-state index contributed by atoms with van der Waals surface area (Å²) in [4.78, 5) is 22.4. The Hall–Kier alpha value is -4.46. The summed E-state index contributed by atoms with van der Waals surface area (Å²) in [5, 5.41) is 11.7. The summed E-state index contributed by atoms with van der Waals surface area (Å²) < 4.78 is 1.91. The van der Waals surface area contributed by atoms with Crippen molar-refractivity contribution in [2.75, 3.05) is 36.4 Å². The van der Waals surface area contributed by atoms with Gasteiger partial charge in [0, 0.05) is 43.1 Å². The molecule has 0 saturated carbocycles. The number of amides is 1. The fourth-order valence-electron chi connectivity index (χ4n) is 4.95. The lowest BCUT2D eigenvalue weighted by atomic mass is 10.1. The minimum atomic E-state index is 0.0398. The van der Waals surface area contributed by atoms with Crippen molar-refractivity contribution >= 4 is 39.8 Å². The summed E-state index contributed by atoms with van der Waals surface area (Å²) in [5.41, 5.74) is 7.63. The van der Waals surface area contributed by atoms with Gasteiger partial charge in [-0.15, -0.1) is 10.2 Å². The summed E-state index contributed by atoms with van der Waals surface area (Å²) in [5.74, 6) is 0.635. The van der Waals surface area contributed by atoms with Crippen molar-refractivity contribution in [1.29, 1.82) is 0 Å². The van der Waals surface area contributed by atoms with Crippen molar-refractivity contribution in [2.24, 2.45) is 0 Å². The average molecular weight is 478 g/mol. The minimum absolute atomic E-state index is 0.0398. The number of rotatable bonds is 4. The molecule has 5 aromatic rings. The number of aryl methyl sites for hydroxylation is 2. The molecule has 0 spiro atoms. The summed E-state index contributed by atoms with van der Waals surface area (Å²) >= 11 is 0. The molecule has 1 N–H and O–H groups in total. The molecule has 3 heterocycles. The third-order valence-electron chi connectivity index (χ3n) is 6.77. The Morgan fingerprint density at radius 2 is 1.75 bits per heavy atom. The van der Waals surface area contributed by atoms with Crippen LogP contribution in [0.15, 0.2) is 73.1 Å². The van der Waals surface area contributed by atoms with Crippen LogP contribution in [0.1, 0.15) is 21.5 Å². The van der Waals surface area contributed by atoms with Gasteiger partial charge in [0.25, 0.3) is 5.91 Å². The molecular formula is C28H27N7O. The lowest BCUT2D eigenvalue weighted by Gasteiger charge is -2.37. The second kappa shape index (κ2) is 8.96. The first-order valence-corrected chi connectivity index (χ1v) is 12.1. The number of hydrogen-bond donors (Lipinski definition) is 1. The quantitative estimate of drug-likeness (QED) is 0.408. The van der Waals surface area contributed by atoms with Crippen molar-refractivity contribution in [2.45, 2.75) is 13.8 Å². The van der Waals surface area contributed by atoms with Crippen LogP contribution >= 0.6 is 0 Å². The molecule has 180 valence electrons. The third-order valence-corrected chi connectivity index (χ3v) is 6.77. The Morgan fingerprint density at radius 1 is 0.917 bits per heavy atom. The number of fused-ring (bicyclic) bond motifs is 3. The molecule has 2 aromatic heterocycles. The van der Waals surface area contributed by atoms with Gasteiger partial charge in [-0.05, 0) is 55.8 Å². The normalized spacial score (nSPS) is 13.9. The lowest BCUT2D eigenvalue weighted by Crippen LogP contribution is -2.49. The number of aromatic nitrogens is 4. The Labute approximate surface area is 209 Å². The second-order valence-corrected chi connectivity index (χ2v) is 9.25. The Balaban J connectivity index is 1.20. The summed E-state index contributed by atoms with van der Waals surface area (Å²) in [6.45, 7) is 7.28. The van der Waals surface area contributed by atoms with E-state index >= 15 is 0 Å². The number of hydrogen-bond acceptors (Lipinski definition) is 6. The summed E-state index contributed by atoms with van der Waals surface area (Å²) in [6.07, 6.45) is 1.68. The molecule has 8 nitrogen and oxygen atoms in total. The molecule has 0 aliphatic carbocycles. The van der Waals surface area contributed by atoms with Gasteiger partial charge < -0.3 is 15.1 Å². The number of carbonyl (C=O) groups is 1. The van der Waals surface area contributed by atoms with Crippen LogP contribution in [0.25, 0.3) is 16.7 Å². The van der Waals surface area contributed by atoms with E-state index in [0.29, 0.717) is 30.1 Å². The van der Waals surface area contributed by atoms with E-state index in [1.165, 1.54) is 16.8 Å². The van der Waals surface area contributed by atoms with Crippen LogP contribution < -0.4 is 10.2 Å². The van der Waals surface area contributed by atoms with Gasteiger partial charge in [0.1, 0.15) is 6.33 Å². The van der Waals surface area contributed by atoms with Crippen LogP contribution in [-0.2, 0) is 0 Å². The van der Waals surface area contributed by atoms with E-state index in [4.69, 9.17) is 4.98 Å². The van der Waals surface area contributed by atoms with E-state index in [-0.39, 0.29) is 5.91 Å². The number of nitrogens with one attached hydrogen (secondary N) is 1. The molecular weight excluding hydrogens is 450 g/mol. The highest BCUT2D eigenvalue weighted by atomic mass is 16.2. The van der Waals surface area contributed by atoms with Crippen LogP contribution in [0.2, 0.25) is 0 Å². The first-order valence-electron chi connectivity index (χ1n) is 12.1. The Kier molecular flexibility index (Phi) is 5.48. The van der Waals surface area contributed by atoms with Crippen molar-refractivity contribution in [1.82, 2.24) is 24.5 Å². The van der Waals surface area contributed by atoms with Gasteiger partial charge in [0.15, 0.2) is 5.82 Å². The van der Waals surface area contributed by atoms with Crippen molar-refractivity contribution in [3.63, 3.8) is 0 Å². The molecule has 1 aliphatic heterocycles. The van der Waals surface area contributed by atoms with Gasteiger partial charge in [0.05, 0.1) is 11.0 Å². The van der Waals surface area contributed by atoms with Gasteiger partial charge in [-0.2, -0.15) is 0 Å². The first-order chi connectivity index (χ1) is 17.6. The molecule has 0 radical (unpaired) electrons. The van der Waals surface area contributed by atoms with E-state index in [1.807, 2.05) is 57.8 Å². The summed E-state index contributed by atoms with van der Waals surface area (Å²) in [7, 11) is 0. The van der Waals surface area contributed by atoms with Gasteiger partial charge in [0.2, 0.25) is 5.65 Å². The van der Waals surface area contributed by atoms with Gasteiger partial charge in [-0.3, -0.25) is 9.20 Å². The maximum absolute atomic E-state index is 13.3. The minimum Gasteiger partial charge on any atom is -0.368 e. The number of anilines is 3. The zero-order chi connectivity index (χ0) is 24.6. The smallest absolute Gasteiger partial charge is 0.254 e. The van der Waals surface area contributed by atoms with Crippen LogP contribution in [0.5, 0.6) is 0 Å². The SMILES string of the molecule is Cc1ccc(N2CCN(C(=O)c3cccc(Nc4nc5ccccc5n5cnnc45)c3)CC2)c(C)c1. The van der Waals surface area contributed by atoms with Crippen LogP contribution in [-0.4, -0.2) is 56.6 Å². The predicted molar refractivity (Wildman–Crippen MR) is 142 cm³/mol. The first kappa shape index (κ1) is 22.0. The fourth-order valence-corrected chi connectivity index (χ4v) is 4.95. The monoisotopic (exact) mass is 477 g/mol. The molecule has 8 heteroatoms. The Bertz CT molecular complexity index is 1580. The highest BCUT2D eigenvalue weighted by molar-refractivity contribution is 5.95. The topological polar surface area (TPSA) is 78.7 Å². The molecule has 1 amide bonds. The van der Waals surface area contributed by atoms with E-state index in [9.17, 15) is 4.79 Å². The van der Waals surface area contributed by atoms with E-state index < -0.39 is 0 Å². The molecule has 1 aliphatic rings. The van der Waals surface area contributed by atoms with Crippen molar-refractivity contribution in [3.05, 3.63) is 89.7 Å². The van der Waals surface area contributed by atoms with Gasteiger partial charge in [-0.1, -0.05) is 35.9 Å². The van der Waals surface area contributed by atoms with Crippen LogP contribution in [0.3, 0.4) is 0 Å². The second-order valence-electron chi connectivity index (χ2n) is 9.25. The standard InChI is InChI=1S/C28H27N7O/c1-19-10-11-24(20(2)16-19)33-12-14-34(15-13-33)28(36)21-6-5-7-22(17-21)30-26-27-32-29-18-35(27)25-9-4-3-8-23(25)31-26/h3-11,16-18H,12-15H2,1-2H3,(H,30,31). The zero-order valence-corrected chi connectivity index (χ0v) is 20.3. The maximum atomic E-state index is 13.3. The van der Waals surface area contributed by atoms with E-state index in [1.54, 1.807) is 6.33 Å². The van der Waals surface area contributed by atoms with Crippen LogP contribution in [0.4, 0.5) is 17.2 Å². The highest BCUT2D eigenvalue weighted by Gasteiger charge is 2.23. The Morgan fingerprint density at radius 3 is 2.58 bits per heavy atom. The average Bonchev–Trinajstić information content (AvgIpc) is 3.40. The predicted octanol–water partition coefficient (Wildman–Crippen LogP) is 4.60. The molecule has 6 rings (SSSR count). The molecule has 0 bridgehead atoms. The number of benzene rings is 3. The lowest BCUT2D eigenvalue weighted by molar-refractivity contribution is 0.0747. The molecule has 0 unspecified atom stereocenters. The maximum Gasteiger partial charge on any atom is 0.254 e. The molecule has 3 aromatic carbocycles. The fraction of sp³-hybridized carbons (Fsp3) is 0.214. The number of piperazine rings is 1. The zero-order valence-electron chi connectivity index (χ0n) is 20.3. The highest BCUT2D eigenvalue weighted by Crippen LogP contribution is 2.25. The molecule has 1 saturated heterocycles. The molecule has 1 fully saturated rings. The molecule has 36 heavy (non-hydrogen) atoms. The van der Waals surface area contributed by atoms with E-state index in [0.717, 1.165) is 29.8 Å². The van der Waals surface area contributed by atoms with Gasteiger partial charge >= 0.3 is 0 Å². The summed E-state index contributed by atoms with van der Waals surface area (Å²) in [6, 6.07) is 22.0. The molecule has 0 atom stereocenters. The van der Waals surface area contributed by atoms with Crippen LogP contribution in [0, 0.1) is 13.8 Å². The largest absolute Gasteiger partial charge is 0.368 e. The number of carbonyl (C=O) groups excluding carboxylic acids is 1. The van der Waals surface area contributed by atoms with Crippen molar-refractivity contribution < 1.29 is 4.79 Å². The van der Waals surface area contributed by atoms with Crippen molar-refractivity contribution in [3.8, 4) is 0 Å².